The number of aliphatic hydroxyl groups is 1. The molecule has 0 saturated heterocycles. The summed E-state index contributed by atoms with van der Waals surface area (Å²) in [4.78, 5) is 0. The van der Waals surface area contributed by atoms with Gasteiger partial charge in [0.25, 0.3) is 0 Å². The minimum atomic E-state index is -0.994. The predicted octanol–water partition coefficient (Wildman–Crippen LogP) is 4.10. The summed E-state index contributed by atoms with van der Waals surface area (Å²) >= 11 is 0. The standard InChI is InChI=1S/C18H19FO/c1-13-12-15(9-10-17(13)19)18(20)11-5-4-7-14-6-2-3-8-16(14)18/h2-3,6,8-10,12,20H,4-5,7,11H2,1H3. The van der Waals surface area contributed by atoms with E-state index in [4.69, 9.17) is 0 Å². The molecule has 1 aliphatic carbocycles. The van der Waals surface area contributed by atoms with Gasteiger partial charge in [-0.1, -0.05) is 30.3 Å². The van der Waals surface area contributed by atoms with E-state index in [2.05, 4.69) is 6.07 Å². The van der Waals surface area contributed by atoms with Crippen LogP contribution in [-0.2, 0) is 12.0 Å². The normalized spacial score (nSPS) is 22.1. The average Bonchev–Trinajstić information content (AvgIpc) is 2.63. The maximum atomic E-state index is 13.5. The van der Waals surface area contributed by atoms with Gasteiger partial charge in [-0.2, -0.15) is 0 Å². The highest BCUT2D eigenvalue weighted by atomic mass is 19.1. The second kappa shape index (κ2) is 5.02. The van der Waals surface area contributed by atoms with Crippen LogP contribution in [0, 0.1) is 12.7 Å². The Labute approximate surface area is 119 Å². The van der Waals surface area contributed by atoms with Crippen molar-refractivity contribution in [3.05, 3.63) is 70.5 Å². The first kappa shape index (κ1) is 13.3. The Morgan fingerprint density at radius 3 is 2.70 bits per heavy atom. The van der Waals surface area contributed by atoms with Crippen molar-refractivity contribution >= 4 is 0 Å². The summed E-state index contributed by atoms with van der Waals surface area (Å²) in [6.45, 7) is 1.74. The summed E-state index contributed by atoms with van der Waals surface area (Å²) in [5, 5.41) is 11.3. The highest BCUT2D eigenvalue weighted by Gasteiger charge is 2.34. The molecule has 0 saturated carbocycles. The summed E-state index contributed by atoms with van der Waals surface area (Å²) in [5.74, 6) is -0.223. The molecule has 1 atom stereocenters. The summed E-state index contributed by atoms with van der Waals surface area (Å²) in [5.41, 5.74) is 2.56. The number of aryl methyl sites for hydroxylation is 2. The molecule has 0 heterocycles. The van der Waals surface area contributed by atoms with E-state index in [0.717, 1.165) is 30.4 Å². The van der Waals surface area contributed by atoms with Gasteiger partial charge in [0.15, 0.2) is 0 Å². The number of rotatable bonds is 1. The van der Waals surface area contributed by atoms with Gasteiger partial charge in [-0.3, -0.25) is 0 Å². The molecule has 2 aromatic rings. The molecule has 20 heavy (non-hydrogen) atoms. The van der Waals surface area contributed by atoms with E-state index in [-0.39, 0.29) is 5.82 Å². The SMILES string of the molecule is Cc1cc(C2(O)CCCCc3ccccc32)ccc1F. The monoisotopic (exact) mass is 270 g/mol. The lowest BCUT2D eigenvalue weighted by molar-refractivity contribution is 0.0703. The van der Waals surface area contributed by atoms with Gasteiger partial charge in [0.2, 0.25) is 0 Å². The predicted molar refractivity (Wildman–Crippen MR) is 78.1 cm³/mol. The molecular formula is C18H19FO. The van der Waals surface area contributed by atoms with Gasteiger partial charge in [-0.15, -0.1) is 0 Å². The number of benzene rings is 2. The topological polar surface area (TPSA) is 20.2 Å². The molecule has 0 aliphatic heterocycles. The minimum Gasteiger partial charge on any atom is -0.380 e. The molecule has 2 aromatic carbocycles. The Bertz CT molecular complexity index is 635. The van der Waals surface area contributed by atoms with Crippen molar-refractivity contribution in [3.8, 4) is 0 Å². The van der Waals surface area contributed by atoms with Crippen LogP contribution in [-0.4, -0.2) is 5.11 Å². The maximum Gasteiger partial charge on any atom is 0.126 e. The molecule has 1 nitrogen and oxygen atoms in total. The number of fused-ring (bicyclic) bond motifs is 1. The van der Waals surface area contributed by atoms with Gasteiger partial charge < -0.3 is 5.11 Å². The summed E-state index contributed by atoms with van der Waals surface area (Å²) in [7, 11) is 0. The zero-order valence-electron chi connectivity index (χ0n) is 11.7. The molecule has 0 spiro atoms. The zero-order chi connectivity index (χ0) is 14.2. The molecule has 1 aliphatic rings. The minimum absolute atomic E-state index is 0.223. The summed E-state index contributed by atoms with van der Waals surface area (Å²) in [6.07, 6.45) is 3.74. The Kier molecular flexibility index (Phi) is 3.35. The van der Waals surface area contributed by atoms with Gasteiger partial charge in [0.05, 0.1) is 0 Å². The van der Waals surface area contributed by atoms with Crippen LogP contribution in [0.4, 0.5) is 4.39 Å². The van der Waals surface area contributed by atoms with Crippen LogP contribution < -0.4 is 0 Å². The first-order valence-electron chi connectivity index (χ1n) is 7.19. The van der Waals surface area contributed by atoms with Gasteiger partial charge >= 0.3 is 0 Å². The fraction of sp³-hybridized carbons (Fsp3) is 0.333. The molecule has 104 valence electrons. The van der Waals surface area contributed by atoms with Crippen molar-refractivity contribution in [1.82, 2.24) is 0 Å². The second-order valence-electron chi connectivity index (χ2n) is 5.69. The van der Waals surface area contributed by atoms with Gasteiger partial charge in [0, 0.05) is 0 Å². The molecule has 0 aromatic heterocycles. The van der Waals surface area contributed by atoms with Gasteiger partial charge in [-0.05, 0) is 67.0 Å². The van der Waals surface area contributed by atoms with Crippen LogP contribution in [0.5, 0.6) is 0 Å². The molecule has 0 amide bonds. The van der Waals surface area contributed by atoms with Crippen LogP contribution in [0.1, 0.15) is 41.5 Å². The Morgan fingerprint density at radius 2 is 1.90 bits per heavy atom. The number of hydrogen-bond donors (Lipinski definition) is 1. The Balaban J connectivity index is 2.17. The van der Waals surface area contributed by atoms with Crippen LogP contribution in [0.25, 0.3) is 0 Å². The van der Waals surface area contributed by atoms with Crippen LogP contribution >= 0.6 is 0 Å². The van der Waals surface area contributed by atoms with Crippen LogP contribution in [0.15, 0.2) is 42.5 Å². The third-order valence-electron chi connectivity index (χ3n) is 4.33. The quantitative estimate of drug-likeness (QED) is 0.774. The van der Waals surface area contributed by atoms with E-state index in [0.29, 0.717) is 12.0 Å². The molecule has 0 radical (unpaired) electrons. The average molecular weight is 270 g/mol. The molecule has 1 unspecified atom stereocenters. The van der Waals surface area contributed by atoms with Crippen LogP contribution in [0.2, 0.25) is 0 Å². The lowest BCUT2D eigenvalue weighted by atomic mass is 9.81. The smallest absolute Gasteiger partial charge is 0.126 e. The molecular weight excluding hydrogens is 251 g/mol. The molecule has 0 fully saturated rings. The highest BCUT2D eigenvalue weighted by molar-refractivity contribution is 5.43. The van der Waals surface area contributed by atoms with E-state index >= 15 is 0 Å². The van der Waals surface area contributed by atoms with E-state index in [1.807, 2.05) is 18.2 Å². The van der Waals surface area contributed by atoms with E-state index in [1.54, 1.807) is 19.1 Å². The first-order valence-corrected chi connectivity index (χ1v) is 7.19. The highest BCUT2D eigenvalue weighted by Crippen LogP contribution is 2.39. The van der Waals surface area contributed by atoms with Crippen molar-refractivity contribution < 1.29 is 9.50 Å². The molecule has 0 bridgehead atoms. The van der Waals surface area contributed by atoms with E-state index < -0.39 is 5.60 Å². The fourth-order valence-corrected chi connectivity index (χ4v) is 3.17. The van der Waals surface area contributed by atoms with Gasteiger partial charge in [-0.25, -0.2) is 4.39 Å². The first-order chi connectivity index (χ1) is 9.61. The zero-order valence-corrected chi connectivity index (χ0v) is 11.7. The van der Waals surface area contributed by atoms with E-state index in [1.165, 1.54) is 11.6 Å². The van der Waals surface area contributed by atoms with Crippen molar-refractivity contribution in [1.29, 1.82) is 0 Å². The lowest BCUT2D eigenvalue weighted by Gasteiger charge is -2.30. The van der Waals surface area contributed by atoms with Crippen molar-refractivity contribution in [3.63, 3.8) is 0 Å². The summed E-state index contributed by atoms with van der Waals surface area (Å²) in [6, 6.07) is 13.0. The maximum absolute atomic E-state index is 13.5. The second-order valence-corrected chi connectivity index (χ2v) is 5.69. The van der Waals surface area contributed by atoms with Crippen molar-refractivity contribution in [2.45, 2.75) is 38.2 Å². The van der Waals surface area contributed by atoms with Crippen LogP contribution in [0.3, 0.4) is 0 Å². The Morgan fingerprint density at radius 1 is 1.10 bits per heavy atom. The third kappa shape index (κ3) is 2.14. The Hall–Kier alpha value is -1.67. The van der Waals surface area contributed by atoms with Crippen molar-refractivity contribution in [2.75, 3.05) is 0 Å². The number of halogens is 1. The fourth-order valence-electron chi connectivity index (χ4n) is 3.17. The van der Waals surface area contributed by atoms with E-state index in [9.17, 15) is 9.50 Å². The molecule has 3 rings (SSSR count). The van der Waals surface area contributed by atoms with Crippen molar-refractivity contribution in [2.24, 2.45) is 0 Å². The number of hydrogen-bond acceptors (Lipinski definition) is 1. The lowest BCUT2D eigenvalue weighted by Crippen LogP contribution is -2.27. The molecule has 2 heteroatoms. The third-order valence-corrected chi connectivity index (χ3v) is 4.33. The summed E-state index contributed by atoms with van der Waals surface area (Å²) < 4.78 is 13.5. The molecule has 1 N–H and O–H groups in total. The largest absolute Gasteiger partial charge is 0.380 e. The van der Waals surface area contributed by atoms with Gasteiger partial charge in [0.1, 0.15) is 11.4 Å².